The first-order valence-electron chi connectivity index (χ1n) is 3.46. The van der Waals surface area contributed by atoms with Gasteiger partial charge in [-0.25, -0.2) is 0 Å². The first kappa shape index (κ1) is 13.8. The lowest BCUT2D eigenvalue weighted by Gasteiger charge is -1.89. The highest BCUT2D eigenvalue weighted by Crippen LogP contribution is 1.72. The molecule has 0 rings (SSSR count). The summed E-state index contributed by atoms with van der Waals surface area (Å²) in [5, 5.41) is 7.64. The molecule has 0 radical (unpaired) electrons. The quantitative estimate of drug-likeness (QED) is 0.212. The first-order chi connectivity index (χ1) is 6.18. The molecule has 0 amide bonds. The Bertz CT molecular complexity index is 193. The first-order valence-corrected chi connectivity index (χ1v) is 3.46. The van der Waals surface area contributed by atoms with Crippen LogP contribution in [0.4, 0.5) is 0 Å². The van der Waals surface area contributed by atoms with Crippen molar-refractivity contribution < 1.29 is 4.74 Å². The Kier molecular flexibility index (Phi) is 13.6. The van der Waals surface area contributed by atoms with Gasteiger partial charge >= 0.3 is 0 Å². The van der Waals surface area contributed by atoms with Crippen LogP contribution < -0.4 is 11.5 Å². The van der Waals surface area contributed by atoms with Gasteiger partial charge in [0.05, 0.1) is 13.2 Å². The number of nitrogens with zero attached hydrogens (tertiary/aromatic N) is 2. The van der Waals surface area contributed by atoms with Crippen molar-refractivity contribution in [2.45, 2.75) is 0 Å². The lowest BCUT2D eigenvalue weighted by Crippen LogP contribution is -2.21. The van der Waals surface area contributed by atoms with Crippen LogP contribution in [0.3, 0.4) is 0 Å². The number of nitriles is 1. The predicted molar refractivity (Wildman–Crippen MR) is 52.6 cm³/mol. The Hall–Kier alpha value is -1.80. The predicted octanol–water partition coefficient (Wildman–Crippen LogP) is 0.116. The molecule has 0 aliphatic rings. The topological polar surface area (TPSA) is 97.4 Å². The Morgan fingerprint density at radius 1 is 1.38 bits per heavy atom. The van der Waals surface area contributed by atoms with Crippen molar-refractivity contribution >= 4 is 5.96 Å². The number of rotatable bonds is 4. The third kappa shape index (κ3) is 25.4. The zero-order chi connectivity index (χ0) is 10.5. The van der Waals surface area contributed by atoms with E-state index in [0.29, 0.717) is 13.2 Å². The lowest BCUT2D eigenvalue weighted by atomic mass is 10.6. The molecule has 5 nitrogen and oxygen atoms in total. The normalized spacial score (nSPS) is 7.00. The SMILES string of the molecule is C=CCOCC=C.N#CN=C(N)N. The van der Waals surface area contributed by atoms with Gasteiger partial charge in [-0.1, -0.05) is 12.2 Å². The minimum Gasteiger partial charge on any atom is -0.373 e. The fourth-order valence-corrected chi connectivity index (χ4v) is 0.292. The Morgan fingerprint density at radius 3 is 2.00 bits per heavy atom. The summed E-state index contributed by atoms with van der Waals surface area (Å²) in [6.07, 6.45) is 4.83. The summed E-state index contributed by atoms with van der Waals surface area (Å²) < 4.78 is 4.90. The smallest absolute Gasteiger partial charge is 0.209 e. The summed E-state index contributed by atoms with van der Waals surface area (Å²) in [7, 11) is 0. The van der Waals surface area contributed by atoms with Gasteiger partial charge in [-0.2, -0.15) is 5.26 Å². The number of nitrogens with two attached hydrogens (primary N) is 2. The van der Waals surface area contributed by atoms with Crippen molar-refractivity contribution in [3.05, 3.63) is 25.3 Å². The van der Waals surface area contributed by atoms with Crippen LogP contribution >= 0.6 is 0 Å². The summed E-state index contributed by atoms with van der Waals surface area (Å²) in [5.74, 6) is -0.197. The van der Waals surface area contributed by atoms with Crippen molar-refractivity contribution in [1.82, 2.24) is 0 Å². The van der Waals surface area contributed by atoms with Crippen molar-refractivity contribution in [2.75, 3.05) is 13.2 Å². The van der Waals surface area contributed by atoms with Crippen molar-refractivity contribution in [2.24, 2.45) is 16.5 Å². The van der Waals surface area contributed by atoms with E-state index in [0.717, 1.165) is 0 Å². The lowest BCUT2D eigenvalue weighted by molar-refractivity contribution is 0.194. The van der Waals surface area contributed by atoms with E-state index in [2.05, 4.69) is 18.2 Å². The van der Waals surface area contributed by atoms with Gasteiger partial charge in [0.25, 0.3) is 0 Å². The fourth-order valence-electron chi connectivity index (χ4n) is 0.292. The maximum atomic E-state index is 7.64. The number of guanidine groups is 1. The second-order valence-corrected chi connectivity index (χ2v) is 1.75. The maximum absolute atomic E-state index is 7.64. The summed E-state index contributed by atoms with van der Waals surface area (Å²) in [4.78, 5) is 2.90. The zero-order valence-electron chi connectivity index (χ0n) is 7.44. The molecule has 0 saturated heterocycles. The summed E-state index contributed by atoms with van der Waals surface area (Å²) in [6, 6.07) is 0. The van der Waals surface area contributed by atoms with Crippen LogP contribution in [0.2, 0.25) is 0 Å². The molecule has 0 fully saturated rings. The molecule has 0 saturated carbocycles. The minimum absolute atomic E-state index is 0.197. The molecule has 0 spiro atoms. The van der Waals surface area contributed by atoms with Crippen LogP contribution in [0.25, 0.3) is 0 Å². The molecule has 0 heterocycles. The second-order valence-electron chi connectivity index (χ2n) is 1.75. The molecule has 0 bridgehead atoms. The largest absolute Gasteiger partial charge is 0.373 e. The van der Waals surface area contributed by atoms with Crippen LogP contribution in [-0.2, 0) is 4.74 Å². The molecule has 0 aliphatic heterocycles. The Labute approximate surface area is 78.0 Å². The van der Waals surface area contributed by atoms with E-state index in [1.165, 1.54) is 6.19 Å². The maximum Gasteiger partial charge on any atom is 0.209 e. The molecule has 72 valence electrons. The van der Waals surface area contributed by atoms with Crippen LogP contribution in [0.5, 0.6) is 0 Å². The number of aliphatic imine (C=N–C) groups is 1. The highest BCUT2D eigenvalue weighted by molar-refractivity contribution is 5.76. The van der Waals surface area contributed by atoms with Crippen LogP contribution in [0.15, 0.2) is 30.3 Å². The second kappa shape index (κ2) is 12.8. The summed E-state index contributed by atoms with van der Waals surface area (Å²) in [5.41, 5.74) is 9.42. The molecule has 13 heavy (non-hydrogen) atoms. The van der Waals surface area contributed by atoms with Crippen molar-refractivity contribution in [1.29, 1.82) is 5.26 Å². The van der Waals surface area contributed by atoms with E-state index in [1.807, 2.05) is 0 Å². The number of ether oxygens (including phenoxy) is 1. The van der Waals surface area contributed by atoms with Crippen molar-refractivity contribution in [3.8, 4) is 6.19 Å². The average Bonchev–Trinajstić information content (AvgIpc) is 2.06. The monoisotopic (exact) mass is 182 g/mol. The van der Waals surface area contributed by atoms with E-state index >= 15 is 0 Å². The standard InChI is InChI=1S/C6H10O.C2H4N4/c1-3-5-7-6-4-2;3-1-6-2(4)5/h3-4H,1-2,5-6H2;(H4,4,5,6). The van der Waals surface area contributed by atoms with Gasteiger partial charge in [0.2, 0.25) is 12.2 Å². The molecular formula is C8H14N4O. The van der Waals surface area contributed by atoms with E-state index in [9.17, 15) is 0 Å². The molecule has 0 aromatic rings. The summed E-state index contributed by atoms with van der Waals surface area (Å²) >= 11 is 0. The minimum atomic E-state index is -0.197. The van der Waals surface area contributed by atoms with Gasteiger partial charge < -0.3 is 16.2 Å². The van der Waals surface area contributed by atoms with Crippen molar-refractivity contribution in [3.63, 3.8) is 0 Å². The Morgan fingerprint density at radius 2 is 1.85 bits per heavy atom. The van der Waals surface area contributed by atoms with Gasteiger partial charge in [-0.05, 0) is 0 Å². The average molecular weight is 182 g/mol. The highest BCUT2D eigenvalue weighted by atomic mass is 16.5. The van der Waals surface area contributed by atoms with Crippen LogP contribution in [0.1, 0.15) is 0 Å². The fraction of sp³-hybridized carbons (Fsp3) is 0.250. The molecule has 0 aliphatic carbocycles. The van der Waals surface area contributed by atoms with Gasteiger partial charge in [0, 0.05) is 0 Å². The van der Waals surface area contributed by atoms with E-state index in [-0.39, 0.29) is 5.96 Å². The molecule has 0 aromatic heterocycles. The van der Waals surface area contributed by atoms with Gasteiger partial charge in [-0.15, -0.1) is 18.2 Å². The molecule has 0 atom stereocenters. The van der Waals surface area contributed by atoms with E-state index in [4.69, 9.17) is 21.5 Å². The summed E-state index contributed by atoms with van der Waals surface area (Å²) in [6.45, 7) is 8.18. The van der Waals surface area contributed by atoms with Crippen LogP contribution in [0, 0.1) is 11.5 Å². The number of hydrogen-bond acceptors (Lipinski definition) is 3. The molecule has 0 aromatic carbocycles. The number of hydrogen-bond donors (Lipinski definition) is 2. The van der Waals surface area contributed by atoms with Gasteiger partial charge in [0.15, 0.2) is 0 Å². The van der Waals surface area contributed by atoms with E-state index in [1.54, 1.807) is 12.2 Å². The highest BCUT2D eigenvalue weighted by Gasteiger charge is 1.70. The molecule has 5 heteroatoms. The van der Waals surface area contributed by atoms with E-state index < -0.39 is 0 Å². The zero-order valence-corrected chi connectivity index (χ0v) is 7.44. The van der Waals surface area contributed by atoms with Gasteiger partial charge in [0.1, 0.15) is 0 Å². The molecule has 4 N–H and O–H groups in total. The Balaban J connectivity index is 0. The van der Waals surface area contributed by atoms with Gasteiger partial charge in [-0.3, -0.25) is 0 Å². The molecule has 0 unspecified atom stereocenters. The molecular weight excluding hydrogens is 168 g/mol. The third-order valence-electron chi connectivity index (χ3n) is 0.651. The van der Waals surface area contributed by atoms with Crippen LogP contribution in [-0.4, -0.2) is 19.2 Å². The third-order valence-corrected chi connectivity index (χ3v) is 0.651.